The van der Waals surface area contributed by atoms with Crippen LogP contribution in [0.15, 0.2) is 60.7 Å². The van der Waals surface area contributed by atoms with E-state index in [1.54, 1.807) is 0 Å². The van der Waals surface area contributed by atoms with Gasteiger partial charge in [-0.15, -0.1) is 0 Å². The number of hydrogen-bond donors (Lipinski definition) is 0. The second-order valence-corrected chi connectivity index (χ2v) is 7.72. The van der Waals surface area contributed by atoms with E-state index in [2.05, 4.69) is 50.2 Å². The van der Waals surface area contributed by atoms with E-state index >= 15 is 0 Å². The molecule has 0 atom stereocenters. The van der Waals surface area contributed by atoms with Crippen molar-refractivity contribution in [2.24, 2.45) is 0 Å². The maximum atomic E-state index is 12.3. The number of methoxy groups -OCH3 is 1. The van der Waals surface area contributed by atoms with Crippen LogP contribution in [0, 0.1) is 0 Å². The molecule has 0 saturated carbocycles. The van der Waals surface area contributed by atoms with Crippen LogP contribution in [0.3, 0.4) is 0 Å². The summed E-state index contributed by atoms with van der Waals surface area (Å²) < 4.78 is 10.8. The van der Waals surface area contributed by atoms with Crippen molar-refractivity contribution in [1.29, 1.82) is 0 Å². The number of esters is 1. The van der Waals surface area contributed by atoms with Gasteiger partial charge in [0.25, 0.3) is 0 Å². The smallest absolute Gasteiger partial charge is 0.338 e. The molecule has 0 amide bonds. The van der Waals surface area contributed by atoms with Crippen molar-refractivity contribution in [2.75, 3.05) is 13.7 Å². The van der Waals surface area contributed by atoms with Gasteiger partial charge in [0.2, 0.25) is 0 Å². The topological polar surface area (TPSA) is 35.5 Å². The fourth-order valence-electron chi connectivity index (χ4n) is 3.60. The van der Waals surface area contributed by atoms with E-state index in [4.69, 9.17) is 9.47 Å². The summed E-state index contributed by atoms with van der Waals surface area (Å²) in [7, 11) is 1.44. The molecule has 2 aliphatic rings. The quantitative estimate of drug-likeness (QED) is 0.320. The van der Waals surface area contributed by atoms with Crippen LogP contribution in [0.25, 0.3) is 11.1 Å². The van der Waals surface area contributed by atoms with E-state index in [0.29, 0.717) is 18.1 Å². The van der Waals surface area contributed by atoms with Crippen molar-refractivity contribution in [2.45, 2.75) is 45.6 Å². The third kappa shape index (κ3) is 5.45. The molecule has 0 radical (unpaired) electrons. The van der Waals surface area contributed by atoms with Gasteiger partial charge in [-0.05, 0) is 59.1 Å². The number of fused-ring (bicyclic) bond motifs is 1. The standard InChI is InChI=1S/C26H30O3/c1-19(2)21-13-9-14-23-22(17-25(24(23)16-21)26(27)28-3)12-7-8-15-29-18-20-10-5-4-6-11-20/h4-6,9-11,13-14,16-17,19H,7-8,12,15,18H2,1-3H3. The molecule has 3 rings (SSSR count). The van der Waals surface area contributed by atoms with Crippen LogP contribution in [0.2, 0.25) is 0 Å². The van der Waals surface area contributed by atoms with Gasteiger partial charge < -0.3 is 9.47 Å². The van der Waals surface area contributed by atoms with E-state index in [0.717, 1.165) is 37.0 Å². The lowest BCUT2D eigenvalue weighted by atomic mass is 10.0. The molecule has 0 bridgehead atoms. The zero-order valence-corrected chi connectivity index (χ0v) is 17.6. The normalized spacial score (nSPS) is 11.2. The maximum absolute atomic E-state index is 12.3. The summed E-state index contributed by atoms with van der Waals surface area (Å²) in [6, 6.07) is 20.7. The van der Waals surface area contributed by atoms with Crippen LogP contribution in [-0.2, 0) is 22.5 Å². The first-order chi connectivity index (χ1) is 14.1. The molecule has 0 spiro atoms. The number of benzene rings is 1. The number of carbonyl (C=O) groups excluding carboxylic acids is 1. The van der Waals surface area contributed by atoms with Crippen LogP contribution in [-0.4, -0.2) is 19.7 Å². The Labute approximate surface area is 174 Å². The number of rotatable bonds is 9. The first kappa shape index (κ1) is 21.1. The summed E-state index contributed by atoms with van der Waals surface area (Å²) in [6.07, 6.45) is 2.93. The third-order valence-electron chi connectivity index (χ3n) is 5.28. The van der Waals surface area contributed by atoms with Gasteiger partial charge >= 0.3 is 5.97 Å². The number of hydrogen-bond acceptors (Lipinski definition) is 3. The Morgan fingerprint density at radius 3 is 2.45 bits per heavy atom. The van der Waals surface area contributed by atoms with Crippen molar-refractivity contribution in [1.82, 2.24) is 0 Å². The fourth-order valence-corrected chi connectivity index (χ4v) is 3.60. The van der Waals surface area contributed by atoms with Gasteiger partial charge in [0.15, 0.2) is 0 Å². The molecule has 1 aromatic carbocycles. The Morgan fingerprint density at radius 1 is 0.931 bits per heavy atom. The van der Waals surface area contributed by atoms with E-state index < -0.39 is 0 Å². The number of unbranched alkanes of at least 4 members (excludes halogenated alkanes) is 1. The Balaban J connectivity index is 1.64. The highest BCUT2D eigenvalue weighted by Gasteiger charge is 2.21. The van der Waals surface area contributed by atoms with Crippen molar-refractivity contribution >= 4 is 5.97 Å². The molecule has 152 valence electrons. The Morgan fingerprint density at radius 2 is 1.72 bits per heavy atom. The van der Waals surface area contributed by atoms with Crippen LogP contribution < -0.4 is 0 Å². The molecule has 0 fully saturated rings. The maximum Gasteiger partial charge on any atom is 0.338 e. The molecular weight excluding hydrogens is 360 g/mol. The Kier molecular flexibility index (Phi) is 7.42. The highest BCUT2D eigenvalue weighted by Crippen LogP contribution is 2.35. The SMILES string of the molecule is COC(=O)c1cc(CCCCOCc2ccccc2)c2cccc(C(C)C)cc1-2. The lowest BCUT2D eigenvalue weighted by Crippen LogP contribution is -2.00. The molecule has 0 heterocycles. The minimum Gasteiger partial charge on any atom is -0.465 e. The zero-order chi connectivity index (χ0) is 20.6. The van der Waals surface area contributed by atoms with E-state index in [-0.39, 0.29) is 5.97 Å². The molecule has 3 nitrogen and oxygen atoms in total. The van der Waals surface area contributed by atoms with Gasteiger partial charge in [0.1, 0.15) is 0 Å². The van der Waals surface area contributed by atoms with Gasteiger partial charge in [-0.3, -0.25) is 0 Å². The van der Waals surface area contributed by atoms with Gasteiger partial charge in [-0.25, -0.2) is 4.79 Å². The monoisotopic (exact) mass is 390 g/mol. The molecule has 0 aliphatic heterocycles. The summed E-state index contributed by atoms with van der Waals surface area (Å²) in [6.45, 7) is 5.72. The number of aryl methyl sites for hydroxylation is 1. The molecule has 0 aromatic heterocycles. The highest BCUT2D eigenvalue weighted by atomic mass is 16.5. The summed E-state index contributed by atoms with van der Waals surface area (Å²) in [4.78, 5) is 12.3. The Bertz CT molecular complexity index is 899. The van der Waals surface area contributed by atoms with Crippen molar-refractivity contribution in [3.8, 4) is 11.1 Å². The first-order valence-corrected chi connectivity index (χ1v) is 10.4. The van der Waals surface area contributed by atoms with Gasteiger partial charge in [-0.1, -0.05) is 68.4 Å². The van der Waals surface area contributed by atoms with Crippen LogP contribution in [0.4, 0.5) is 0 Å². The van der Waals surface area contributed by atoms with E-state index in [1.165, 1.54) is 23.8 Å². The predicted molar refractivity (Wildman–Crippen MR) is 118 cm³/mol. The number of carbonyl (C=O) groups is 1. The summed E-state index contributed by atoms with van der Waals surface area (Å²) in [5.41, 5.74) is 6.41. The van der Waals surface area contributed by atoms with E-state index in [1.807, 2.05) is 24.3 Å². The second kappa shape index (κ2) is 10.2. The van der Waals surface area contributed by atoms with Crippen LogP contribution in [0.5, 0.6) is 0 Å². The third-order valence-corrected chi connectivity index (χ3v) is 5.28. The van der Waals surface area contributed by atoms with E-state index in [9.17, 15) is 4.79 Å². The average molecular weight is 391 g/mol. The minimum absolute atomic E-state index is 0.270. The molecule has 0 unspecified atom stereocenters. The summed E-state index contributed by atoms with van der Waals surface area (Å²) in [5.74, 6) is 0.129. The van der Waals surface area contributed by atoms with Gasteiger partial charge in [0, 0.05) is 6.61 Å². The first-order valence-electron chi connectivity index (χ1n) is 10.4. The van der Waals surface area contributed by atoms with Crippen molar-refractivity contribution in [3.63, 3.8) is 0 Å². The van der Waals surface area contributed by atoms with Crippen molar-refractivity contribution in [3.05, 3.63) is 82.9 Å². The summed E-state index contributed by atoms with van der Waals surface area (Å²) >= 11 is 0. The van der Waals surface area contributed by atoms with Gasteiger partial charge in [0.05, 0.1) is 19.3 Å². The molecule has 29 heavy (non-hydrogen) atoms. The molecular formula is C26H30O3. The lowest BCUT2D eigenvalue weighted by molar-refractivity contribution is 0.0602. The molecule has 0 saturated heterocycles. The minimum atomic E-state index is -0.270. The largest absolute Gasteiger partial charge is 0.465 e. The van der Waals surface area contributed by atoms with Gasteiger partial charge in [-0.2, -0.15) is 0 Å². The Hall–Kier alpha value is -2.65. The van der Waals surface area contributed by atoms with Crippen molar-refractivity contribution < 1.29 is 14.3 Å². The zero-order valence-electron chi connectivity index (χ0n) is 17.6. The molecule has 0 N–H and O–H groups in total. The lowest BCUT2D eigenvalue weighted by Gasteiger charge is -2.06. The van der Waals surface area contributed by atoms with Crippen LogP contribution >= 0.6 is 0 Å². The molecule has 3 heteroatoms. The molecule has 2 aliphatic carbocycles. The average Bonchev–Trinajstić information content (AvgIpc) is 2.92. The fraction of sp³-hybridized carbons (Fsp3) is 0.346. The number of ether oxygens (including phenoxy) is 2. The second-order valence-electron chi connectivity index (χ2n) is 7.72. The summed E-state index contributed by atoms with van der Waals surface area (Å²) in [5, 5.41) is 0. The van der Waals surface area contributed by atoms with Crippen LogP contribution in [0.1, 0.15) is 59.7 Å². The molecule has 1 aromatic rings. The highest BCUT2D eigenvalue weighted by molar-refractivity contribution is 6.00. The predicted octanol–water partition coefficient (Wildman–Crippen LogP) is 6.24.